The van der Waals surface area contributed by atoms with E-state index in [-0.39, 0.29) is 37.4 Å². The van der Waals surface area contributed by atoms with Gasteiger partial charge in [0.1, 0.15) is 11.8 Å². The standard InChI is InChI=1S/C34H34N4O5/c35-38-32(40)18-16-27(39)22-36-21-26-19-23(15-17-28(26)24-9-3-1-4-10-24)20-31(34(42)43)37-30-14-8-7-13-29(30)33(41)25-11-5-2-6-12-25/h1-15,17,19,31,36-37H,16,18,20-22,35H2,(H,38,40)(H,42,43). The number of benzene rings is 4. The molecule has 9 heteroatoms. The van der Waals surface area contributed by atoms with Crippen LogP contribution in [0.15, 0.2) is 103 Å². The monoisotopic (exact) mass is 578 g/mol. The predicted octanol–water partition coefficient (Wildman–Crippen LogP) is 4.12. The molecular weight excluding hydrogens is 544 g/mol. The molecular formula is C34H34N4O5. The summed E-state index contributed by atoms with van der Waals surface area (Å²) in [5, 5.41) is 16.3. The summed E-state index contributed by atoms with van der Waals surface area (Å²) in [4.78, 5) is 49.2. The lowest BCUT2D eigenvalue weighted by Crippen LogP contribution is -2.32. The highest BCUT2D eigenvalue weighted by Gasteiger charge is 2.22. The van der Waals surface area contributed by atoms with E-state index in [0.29, 0.717) is 23.4 Å². The van der Waals surface area contributed by atoms with Crippen LogP contribution in [0.5, 0.6) is 0 Å². The van der Waals surface area contributed by atoms with Gasteiger partial charge in [0.25, 0.3) is 0 Å². The Hall–Kier alpha value is -5.12. The first kappa shape index (κ1) is 30.8. The van der Waals surface area contributed by atoms with E-state index in [0.717, 1.165) is 22.3 Å². The predicted molar refractivity (Wildman–Crippen MR) is 165 cm³/mol. The van der Waals surface area contributed by atoms with E-state index in [2.05, 4.69) is 10.6 Å². The Bertz CT molecular complexity index is 1570. The molecule has 0 aliphatic rings. The number of hydrazine groups is 1. The molecule has 1 atom stereocenters. The van der Waals surface area contributed by atoms with Gasteiger partial charge < -0.3 is 15.7 Å². The third kappa shape index (κ3) is 8.68. The molecule has 1 amide bonds. The van der Waals surface area contributed by atoms with Gasteiger partial charge in [0.15, 0.2) is 5.78 Å². The number of carbonyl (C=O) groups is 4. The molecule has 1 unspecified atom stereocenters. The maximum Gasteiger partial charge on any atom is 0.326 e. The summed E-state index contributed by atoms with van der Waals surface area (Å²) in [5.74, 6) is 3.29. The number of aliphatic carboxylic acids is 1. The number of carboxylic acids is 1. The highest BCUT2D eigenvalue weighted by atomic mass is 16.4. The number of Topliss-reactive ketones (excluding diaryl/α,β-unsaturated/α-hetero) is 1. The molecule has 0 fully saturated rings. The van der Waals surface area contributed by atoms with Crippen molar-refractivity contribution in [2.75, 3.05) is 11.9 Å². The van der Waals surface area contributed by atoms with Crippen LogP contribution in [-0.4, -0.2) is 41.1 Å². The van der Waals surface area contributed by atoms with Crippen LogP contribution in [0, 0.1) is 0 Å². The Labute approximate surface area is 250 Å². The minimum atomic E-state index is -1.05. The van der Waals surface area contributed by atoms with Crippen LogP contribution in [0.2, 0.25) is 0 Å². The number of hydrogen-bond acceptors (Lipinski definition) is 7. The van der Waals surface area contributed by atoms with E-state index in [1.807, 2.05) is 60.0 Å². The first-order valence-corrected chi connectivity index (χ1v) is 13.9. The number of anilines is 1. The van der Waals surface area contributed by atoms with Crippen molar-refractivity contribution in [2.45, 2.75) is 31.8 Å². The molecule has 0 spiro atoms. The average Bonchev–Trinajstić information content (AvgIpc) is 3.04. The minimum Gasteiger partial charge on any atom is -0.480 e. The molecule has 9 nitrogen and oxygen atoms in total. The second-order valence-corrected chi connectivity index (χ2v) is 10.0. The van der Waals surface area contributed by atoms with E-state index in [4.69, 9.17) is 5.84 Å². The number of para-hydroxylation sites is 1. The molecule has 220 valence electrons. The maximum atomic E-state index is 13.2. The lowest BCUT2D eigenvalue weighted by Gasteiger charge is -2.19. The summed E-state index contributed by atoms with van der Waals surface area (Å²) in [6.45, 7) is 0.425. The number of carbonyl (C=O) groups excluding carboxylic acids is 3. The smallest absolute Gasteiger partial charge is 0.326 e. The van der Waals surface area contributed by atoms with E-state index >= 15 is 0 Å². The Kier molecular flexibility index (Phi) is 10.9. The molecule has 0 heterocycles. The Morgan fingerprint density at radius 2 is 1.47 bits per heavy atom. The van der Waals surface area contributed by atoms with Crippen LogP contribution in [0.3, 0.4) is 0 Å². The van der Waals surface area contributed by atoms with Crippen molar-refractivity contribution in [3.63, 3.8) is 0 Å². The second kappa shape index (κ2) is 15.2. The summed E-state index contributed by atoms with van der Waals surface area (Å²) in [7, 11) is 0. The zero-order valence-electron chi connectivity index (χ0n) is 23.6. The number of nitrogens with one attached hydrogen (secondary N) is 3. The number of ketones is 2. The lowest BCUT2D eigenvalue weighted by molar-refractivity contribution is -0.137. The van der Waals surface area contributed by atoms with Gasteiger partial charge in [-0.3, -0.25) is 19.8 Å². The molecule has 0 saturated carbocycles. The van der Waals surface area contributed by atoms with Crippen molar-refractivity contribution in [3.8, 4) is 11.1 Å². The largest absolute Gasteiger partial charge is 0.480 e. The minimum absolute atomic E-state index is 0.0193. The Morgan fingerprint density at radius 1 is 0.791 bits per heavy atom. The fraction of sp³-hybridized carbons (Fsp3) is 0.176. The highest BCUT2D eigenvalue weighted by molar-refractivity contribution is 6.12. The van der Waals surface area contributed by atoms with Crippen LogP contribution in [-0.2, 0) is 27.3 Å². The van der Waals surface area contributed by atoms with Crippen LogP contribution >= 0.6 is 0 Å². The molecule has 6 N–H and O–H groups in total. The molecule has 0 aliphatic heterocycles. The number of amides is 1. The number of rotatable bonds is 15. The SMILES string of the molecule is NNC(=O)CCC(=O)CNCc1cc(CC(Nc2ccccc2C(=O)c2ccccc2)C(=O)O)ccc1-c1ccccc1. The molecule has 0 bridgehead atoms. The van der Waals surface area contributed by atoms with Crippen molar-refractivity contribution in [1.29, 1.82) is 0 Å². The van der Waals surface area contributed by atoms with Gasteiger partial charge in [-0.05, 0) is 34.4 Å². The van der Waals surface area contributed by atoms with Gasteiger partial charge in [-0.2, -0.15) is 0 Å². The first-order valence-electron chi connectivity index (χ1n) is 13.9. The van der Waals surface area contributed by atoms with Gasteiger partial charge in [-0.25, -0.2) is 10.6 Å². The van der Waals surface area contributed by atoms with E-state index < -0.39 is 17.9 Å². The first-order chi connectivity index (χ1) is 20.9. The van der Waals surface area contributed by atoms with Gasteiger partial charge in [0.2, 0.25) is 5.91 Å². The van der Waals surface area contributed by atoms with Crippen molar-refractivity contribution < 1.29 is 24.3 Å². The van der Waals surface area contributed by atoms with Crippen LogP contribution in [0.1, 0.15) is 39.9 Å². The third-order valence-electron chi connectivity index (χ3n) is 6.96. The summed E-state index contributed by atoms with van der Waals surface area (Å²) in [6, 6.07) is 30.2. The Morgan fingerprint density at radius 3 is 2.16 bits per heavy atom. The summed E-state index contributed by atoms with van der Waals surface area (Å²) in [6.07, 6.45) is 0.242. The quantitative estimate of drug-likeness (QED) is 0.0612. The van der Waals surface area contributed by atoms with Gasteiger partial charge in [0.05, 0.1) is 6.54 Å². The summed E-state index contributed by atoms with van der Waals surface area (Å²) < 4.78 is 0. The van der Waals surface area contributed by atoms with Gasteiger partial charge >= 0.3 is 5.97 Å². The fourth-order valence-corrected chi connectivity index (χ4v) is 4.75. The molecule has 0 saturated heterocycles. The van der Waals surface area contributed by atoms with E-state index in [1.54, 1.807) is 48.5 Å². The molecule has 0 radical (unpaired) electrons. The molecule has 43 heavy (non-hydrogen) atoms. The molecule has 0 aromatic heterocycles. The van der Waals surface area contributed by atoms with Gasteiger partial charge in [-0.1, -0.05) is 91.0 Å². The third-order valence-corrected chi connectivity index (χ3v) is 6.96. The molecule has 4 rings (SSSR count). The fourth-order valence-electron chi connectivity index (χ4n) is 4.75. The van der Waals surface area contributed by atoms with Crippen molar-refractivity contribution in [1.82, 2.24) is 10.7 Å². The van der Waals surface area contributed by atoms with E-state index in [9.17, 15) is 24.3 Å². The zero-order chi connectivity index (χ0) is 30.6. The van der Waals surface area contributed by atoms with E-state index in [1.165, 1.54) is 0 Å². The topological polar surface area (TPSA) is 151 Å². The van der Waals surface area contributed by atoms with Gasteiger partial charge in [-0.15, -0.1) is 0 Å². The average molecular weight is 579 g/mol. The lowest BCUT2D eigenvalue weighted by atomic mass is 9.94. The summed E-state index contributed by atoms with van der Waals surface area (Å²) >= 11 is 0. The summed E-state index contributed by atoms with van der Waals surface area (Å²) in [5.41, 5.74) is 6.95. The molecule has 4 aromatic carbocycles. The van der Waals surface area contributed by atoms with Crippen molar-refractivity contribution in [2.24, 2.45) is 5.84 Å². The van der Waals surface area contributed by atoms with Crippen LogP contribution in [0.4, 0.5) is 5.69 Å². The number of carboxylic acid groups (broad SMARTS) is 1. The Balaban J connectivity index is 1.53. The highest BCUT2D eigenvalue weighted by Crippen LogP contribution is 2.26. The number of nitrogens with two attached hydrogens (primary N) is 1. The zero-order valence-corrected chi connectivity index (χ0v) is 23.6. The maximum absolute atomic E-state index is 13.2. The van der Waals surface area contributed by atoms with Crippen LogP contribution in [0.25, 0.3) is 11.1 Å². The van der Waals surface area contributed by atoms with Crippen LogP contribution < -0.4 is 21.9 Å². The molecule has 4 aromatic rings. The second-order valence-electron chi connectivity index (χ2n) is 10.0. The normalized spacial score (nSPS) is 11.4. The van der Waals surface area contributed by atoms with Crippen molar-refractivity contribution >= 4 is 29.1 Å². The molecule has 0 aliphatic carbocycles. The van der Waals surface area contributed by atoms with Gasteiger partial charge in [0, 0.05) is 42.6 Å². The van der Waals surface area contributed by atoms with Crippen molar-refractivity contribution in [3.05, 3.63) is 125 Å². The number of hydrogen-bond donors (Lipinski definition) is 5.